The Balaban J connectivity index is 0.00000392. The number of hydrogen-bond acceptors (Lipinski definition) is 5. The third-order valence-corrected chi connectivity index (χ3v) is 3.95. The number of benzene rings is 2. The highest BCUT2D eigenvalue weighted by molar-refractivity contribution is 14.0. The van der Waals surface area contributed by atoms with E-state index in [2.05, 4.69) is 20.9 Å². The van der Waals surface area contributed by atoms with Gasteiger partial charge in [-0.15, -0.1) is 24.0 Å². The van der Waals surface area contributed by atoms with Gasteiger partial charge >= 0.3 is 0 Å². The van der Waals surface area contributed by atoms with Gasteiger partial charge in [-0.25, -0.2) is 0 Å². The summed E-state index contributed by atoms with van der Waals surface area (Å²) in [6.07, 6.45) is 0. The number of hydrogen-bond donors (Lipinski definition) is 3. The van der Waals surface area contributed by atoms with Crippen LogP contribution in [0.25, 0.3) is 0 Å². The summed E-state index contributed by atoms with van der Waals surface area (Å²) in [5.41, 5.74) is 2.73. The monoisotopic (exact) mass is 499 g/mol. The number of methoxy groups -OCH3 is 1. The normalized spacial score (nSPS) is 10.6. The minimum absolute atomic E-state index is 0. The average molecular weight is 499 g/mol. The molecule has 0 amide bonds. The van der Waals surface area contributed by atoms with E-state index in [9.17, 15) is 10.1 Å². The zero-order valence-corrected chi connectivity index (χ0v) is 18.5. The Labute approximate surface area is 181 Å². The molecule has 2 aromatic carbocycles. The van der Waals surface area contributed by atoms with E-state index in [1.807, 2.05) is 25.1 Å². The van der Waals surface area contributed by atoms with Crippen molar-refractivity contribution >= 4 is 41.3 Å². The SMILES string of the molecule is CN=C(NCCNc1ccccc1[N+](=O)[O-])NCc1ccc(C)cc1OC.I. The van der Waals surface area contributed by atoms with Crippen LogP contribution in [0.15, 0.2) is 47.5 Å². The van der Waals surface area contributed by atoms with Gasteiger partial charge in [0, 0.05) is 38.3 Å². The van der Waals surface area contributed by atoms with Crippen molar-refractivity contribution in [3.63, 3.8) is 0 Å². The van der Waals surface area contributed by atoms with Crippen LogP contribution in [0.2, 0.25) is 0 Å². The molecule has 28 heavy (non-hydrogen) atoms. The number of anilines is 1. The zero-order chi connectivity index (χ0) is 19.6. The van der Waals surface area contributed by atoms with Gasteiger partial charge in [0.1, 0.15) is 11.4 Å². The summed E-state index contributed by atoms with van der Waals surface area (Å²) >= 11 is 0. The number of ether oxygens (including phenoxy) is 1. The lowest BCUT2D eigenvalue weighted by Gasteiger charge is -2.14. The lowest BCUT2D eigenvalue weighted by Crippen LogP contribution is -2.39. The van der Waals surface area contributed by atoms with Crippen LogP contribution in [-0.4, -0.2) is 38.1 Å². The summed E-state index contributed by atoms with van der Waals surface area (Å²) in [4.78, 5) is 14.8. The first kappa shape index (κ1) is 23.5. The number of nitrogens with one attached hydrogen (secondary N) is 3. The first-order chi connectivity index (χ1) is 13.0. The van der Waals surface area contributed by atoms with E-state index in [4.69, 9.17) is 4.74 Å². The van der Waals surface area contributed by atoms with Crippen molar-refractivity contribution in [3.05, 3.63) is 63.7 Å². The van der Waals surface area contributed by atoms with E-state index in [0.29, 0.717) is 31.3 Å². The molecule has 0 aliphatic heterocycles. The van der Waals surface area contributed by atoms with Crippen LogP contribution >= 0.6 is 24.0 Å². The number of halogens is 1. The number of rotatable bonds is 8. The molecule has 0 fully saturated rings. The lowest BCUT2D eigenvalue weighted by atomic mass is 10.1. The fourth-order valence-corrected chi connectivity index (χ4v) is 2.56. The Morgan fingerprint density at radius 1 is 1.18 bits per heavy atom. The fourth-order valence-electron chi connectivity index (χ4n) is 2.56. The van der Waals surface area contributed by atoms with Gasteiger partial charge in [0.2, 0.25) is 0 Å². The topological polar surface area (TPSA) is 101 Å². The number of para-hydroxylation sites is 2. The Morgan fingerprint density at radius 2 is 1.93 bits per heavy atom. The molecule has 0 unspecified atom stereocenters. The minimum atomic E-state index is -0.398. The largest absolute Gasteiger partial charge is 0.496 e. The van der Waals surface area contributed by atoms with Gasteiger partial charge < -0.3 is 20.7 Å². The molecule has 0 aliphatic carbocycles. The molecule has 0 bridgehead atoms. The molecule has 2 rings (SSSR count). The molecule has 0 atom stereocenters. The summed E-state index contributed by atoms with van der Waals surface area (Å²) < 4.78 is 5.40. The Hall–Kier alpha value is -2.56. The van der Waals surface area contributed by atoms with E-state index in [1.165, 1.54) is 6.07 Å². The second-order valence-corrected chi connectivity index (χ2v) is 5.87. The predicted octanol–water partition coefficient (Wildman–Crippen LogP) is 3.31. The number of nitrogens with zero attached hydrogens (tertiary/aromatic N) is 2. The van der Waals surface area contributed by atoms with Crippen molar-refractivity contribution < 1.29 is 9.66 Å². The molecule has 152 valence electrons. The number of aliphatic imine (C=N–C) groups is 1. The maximum Gasteiger partial charge on any atom is 0.292 e. The first-order valence-corrected chi connectivity index (χ1v) is 8.60. The Morgan fingerprint density at radius 3 is 2.61 bits per heavy atom. The van der Waals surface area contributed by atoms with Crippen molar-refractivity contribution in [1.29, 1.82) is 0 Å². The maximum atomic E-state index is 11.0. The van der Waals surface area contributed by atoms with Gasteiger partial charge in [0.15, 0.2) is 5.96 Å². The highest BCUT2D eigenvalue weighted by Crippen LogP contribution is 2.22. The number of guanidine groups is 1. The third kappa shape index (κ3) is 6.87. The molecule has 2 aromatic rings. The summed E-state index contributed by atoms with van der Waals surface area (Å²) in [5, 5.41) is 20.5. The summed E-state index contributed by atoms with van der Waals surface area (Å²) in [6, 6.07) is 12.6. The van der Waals surface area contributed by atoms with Gasteiger partial charge in [-0.3, -0.25) is 15.1 Å². The first-order valence-electron chi connectivity index (χ1n) is 8.60. The zero-order valence-electron chi connectivity index (χ0n) is 16.2. The average Bonchev–Trinajstić information content (AvgIpc) is 2.68. The fraction of sp³-hybridized carbons (Fsp3) is 0.316. The van der Waals surface area contributed by atoms with Crippen LogP contribution in [-0.2, 0) is 6.54 Å². The molecule has 0 saturated heterocycles. The van der Waals surface area contributed by atoms with E-state index >= 15 is 0 Å². The second-order valence-electron chi connectivity index (χ2n) is 5.87. The van der Waals surface area contributed by atoms with Crippen molar-refractivity contribution in [1.82, 2.24) is 10.6 Å². The van der Waals surface area contributed by atoms with Crippen LogP contribution < -0.4 is 20.7 Å². The van der Waals surface area contributed by atoms with E-state index in [0.717, 1.165) is 16.9 Å². The van der Waals surface area contributed by atoms with Gasteiger partial charge in [-0.05, 0) is 24.6 Å². The van der Waals surface area contributed by atoms with Crippen LogP contribution in [0.3, 0.4) is 0 Å². The van der Waals surface area contributed by atoms with Crippen molar-refractivity contribution in [2.24, 2.45) is 4.99 Å². The molecule has 0 heterocycles. The maximum absolute atomic E-state index is 11.0. The minimum Gasteiger partial charge on any atom is -0.496 e. The highest BCUT2D eigenvalue weighted by Gasteiger charge is 2.11. The van der Waals surface area contributed by atoms with Gasteiger partial charge in [-0.2, -0.15) is 0 Å². The van der Waals surface area contributed by atoms with E-state index in [1.54, 1.807) is 32.4 Å². The summed E-state index contributed by atoms with van der Waals surface area (Å²) in [5.74, 6) is 1.47. The molecule has 0 aromatic heterocycles. The molecule has 0 saturated carbocycles. The van der Waals surface area contributed by atoms with E-state index in [-0.39, 0.29) is 29.7 Å². The van der Waals surface area contributed by atoms with Gasteiger partial charge in [0.25, 0.3) is 5.69 Å². The summed E-state index contributed by atoms with van der Waals surface area (Å²) in [6.45, 7) is 3.65. The van der Waals surface area contributed by atoms with Crippen LogP contribution in [0.1, 0.15) is 11.1 Å². The quantitative estimate of drug-likeness (QED) is 0.129. The molecule has 8 nitrogen and oxygen atoms in total. The van der Waals surface area contributed by atoms with Crippen molar-refractivity contribution in [2.45, 2.75) is 13.5 Å². The number of aryl methyl sites for hydroxylation is 1. The predicted molar refractivity (Wildman–Crippen MR) is 123 cm³/mol. The second kappa shape index (κ2) is 12.0. The lowest BCUT2D eigenvalue weighted by molar-refractivity contribution is -0.384. The molecular weight excluding hydrogens is 473 g/mol. The smallest absolute Gasteiger partial charge is 0.292 e. The molecule has 3 N–H and O–H groups in total. The third-order valence-electron chi connectivity index (χ3n) is 3.95. The molecule has 9 heteroatoms. The summed E-state index contributed by atoms with van der Waals surface area (Å²) in [7, 11) is 3.34. The Bertz CT molecular complexity index is 814. The van der Waals surface area contributed by atoms with Crippen LogP contribution in [0, 0.1) is 17.0 Å². The molecule has 0 aliphatic rings. The Kier molecular flexibility index (Phi) is 10.1. The molecule has 0 spiro atoms. The van der Waals surface area contributed by atoms with Gasteiger partial charge in [0.05, 0.1) is 12.0 Å². The van der Waals surface area contributed by atoms with Crippen LogP contribution in [0.5, 0.6) is 5.75 Å². The molecular formula is C19H26IN5O3. The van der Waals surface area contributed by atoms with Gasteiger partial charge in [-0.1, -0.05) is 24.3 Å². The standard InChI is InChI=1S/C19H25N5O3.HI/c1-14-8-9-15(18(12-14)27-3)13-23-19(20-2)22-11-10-21-16-6-4-5-7-17(16)24(25)26;/h4-9,12,21H,10-11,13H2,1-3H3,(H2,20,22,23);1H. The van der Waals surface area contributed by atoms with Crippen molar-refractivity contribution in [3.8, 4) is 5.75 Å². The molecule has 0 radical (unpaired) electrons. The number of nitro groups is 1. The van der Waals surface area contributed by atoms with Crippen LogP contribution in [0.4, 0.5) is 11.4 Å². The number of nitro benzene ring substituents is 1. The van der Waals surface area contributed by atoms with Crippen molar-refractivity contribution in [2.75, 3.05) is 32.6 Å². The highest BCUT2D eigenvalue weighted by atomic mass is 127. The van der Waals surface area contributed by atoms with E-state index < -0.39 is 4.92 Å².